The maximum absolute atomic E-state index is 14.6. The molecule has 1 fully saturated rings. The number of carbonyl (C=O) groups excluding carboxylic acids is 11. The first kappa shape index (κ1) is 80.0. The lowest BCUT2D eigenvalue weighted by molar-refractivity contribution is -0.144. The van der Waals surface area contributed by atoms with E-state index in [0.717, 1.165) is 4.90 Å². The summed E-state index contributed by atoms with van der Waals surface area (Å²) in [6.45, 7) is 7.77. The number of aromatic hydroxyl groups is 1. The van der Waals surface area contributed by atoms with E-state index in [-0.39, 0.29) is 56.7 Å². The minimum atomic E-state index is -1.84. The first-order chi connectivity index (χ1) is 45.1. The van der Waals surface area contributed by atoms with Gasteiger partial charge in [0.2, 0.25) is 65.0 Å². The molecule has 1 aliphatic rings. The Kier molecular flexibility index (Phi) is 32.8. The van der Waals surface area contributed by atoms with Gasteiger partial charge in [-0.3, -0.25) is 71.9 Å². The van der Waals surface area contributed by atoms with Gasteiger partial charge in [-0.15, -0.1) is 0 Å². The van der Waals surface area contributed by atoms with Gasteiger partial charge in [0.25, 0.3) is 0 Å². The van der Waals surface area contributed by atoms with Crippen LogP contribution in [0.4, 0.5) is 0 Å². The molecule has 2 aromatic carbocycles. The fourth-order valence-corrected chi connectivity index (χ4v) is 10.0. The van der Waals surface area contributed by atoms with Gasteiger partial charge in [-0.2, -0.15) is 0 Å². The number of nitrogens with zero attached hydrogens (tertiary/aromatic N) is 1. The van der Waals surface area contributed by atoms with Crippen molar-refractivity contribution in [3.63, 3.8) is 0 Å². The van der Waals surface area contributed by atoms with E-state index in [9.17, 15) is 107 Å². The highest BCUT2D eigenvalue weighted by molar-refractivity contribution is 6.00. The average Bonchev–Trinajstić information content (AvgIpc) is 1.62. The Morgan fingerprint density at radius 3 is 1.40 bits per heavy atom. The van der Waals surface area contributed by atoms with Crippen molar-refractivity contribution in [2.24, 2.45) is 23.3 Å². The second-order valence-corrected chi connectivity index (χ2v) is 23.8. The quantitative estimate of drug-likeness (QED) is 0.0324. The van der Waals surface area contributed by atoms with E-state index >= 15 is 0 Å². The first-order valence-electron chi connectivity index (χ1n) is 31.1. The van der Waals surface area contributed by atoms with Gasteiger partial charge in [0, 0.05) is 45.1 Å². The van der Waals surface area contributed by atoms with Crippen LogP contribution >= 0.6 is 0 Å². The molecule has 0 bridgehead atoms. The number of carbonyl (C=O) groups is 16. The normalized spacial score (nSPS) is 16.1. The molecule has 19 N–H and O–H groups in total. The summed E-state index contributed by atoms with van der Waals surface area (Å²) in [7, 11) is 0. The van der Waals surface area contributed by atoms with Crippen molar-refractivity contribution in [3.05, 3.63) is 65.7 Å². The van der Waals surface area contributed by atoms with Crippen molar-refractivity contribution in [1.29, 1.82) is 0 Å². The lowest BCUT2D eigenvalue weighted by Gasteiger charge is -2.33. The third-order valence-corrected chi connectivity index (χ3v) is 15.5. The van der Waals surface area contributed by atoms with Gasteiger partial charge in [0.1, 0.15) is 66.2 Å². The lowest BCUT2D eigenvalue weighted by Crippen LogP contribution is -2.61. The molecule has 0 unspecified atom stereocenters. The summed E-state index contributed by atoms with van der Waals surface area (Å²) in [5.74, 6) is -19.5. The van der Waals surface area contributed by atoms with Crippen LogP contribution in [-0.4, -0.2) is 203 Å². The van der Waals surface area contributed by atoms with Crippen LogP contribution in [-0.2, 0) is 89.6 Å². The smallest absolute Gasteiger partial charge is 0.326 e. The fraction of sp³-hybridized carbons (Fsp3) is 0.548. The highest BCUT2D eigenvalue weighted by Gasteiger charge is 2.42. The van der Waals surface area contributed by atoms with Crippen molar-refractivity contribution in [3.8, 4) is 5.75 Å². The number of phenolic OH excluding ortho intramolecular Hbond substituents is 1. The van der Waals surface area contributed by atoms with Gasteiger partial charge in [-0.05, 0) is 87.0 Å². The number of amides is 11. The van der Waals surface area contributed by atoms with Gasteiger partial charge in [-0.1, -0.05) is 76.6 Å². The highest BCUT2D eigenvalue weighted by Crippen LogP contribution is 2.23. The number of rotatable bonds is 42. The highest BCUT2D eigenvalue weighted by atomic mass is 16.4. The van der Waals surface area contributed by atoms with Crippen molar-refractivity contribution in [1.82, 2.24) is 52.8 Å². The molecule has 34 nitrogen and oxygen atoms in total. The maximum Gasteiger partial charge on any atom is 0.326 e. The van der Waals surface area contributed by atoms with Crippen LogP contribution in [0.2, 0.25) is 0 Å². The molecule has 0 aromatic heterocycles. The number of benzene rings is 2. The Morgan fingerprint density at radius 1 is 0.500 bits per heavy atom. The van der Waals surface area contributed by atoms with Crippen molar-refractivity contribution < 1.29 is 107 Å². The third kappa shape index (κ3) is 27.7. The molecular weight excluding hydrogens is 1260 g/mol. The second kappa shape index (κ2) is 39.4. The van der Waals surface area contributed by atoms with Crippen LogP contribution < -0.4 is 59.3 Å². The number of phenols is 1. The Morgan fingerprint density at radius 2 is 0.927 bits per heavy atom. The molecule has 96 heavy (non-hydrogen) atoms. The van der Waals surface area contributed by atoms with Crippen LogP contribution in [0.15, 0.2) is 54.6 Å². The summed E-state index contributed by atoms with van der Waals surface area (Å²) >= 11 is 0. The number of primary amides is 1. The van der Waals surface area contributed by atoms with Crippen LogP contribution in [0.25, 0.3) is 0 Å². The van der Waals surface area contributed by atoms with E-state index in [1.165, 1.54) is 31.2 Å². The SMILES string of the molecule is CC[C@H](C)[C@H](NC(=O)[C@H](C)NC(=O)[C@H](CCC(=O)O)NC(=O)[C@H](Cc1ccccc1)NC(=O)[C@@H](N)CC(=O)O)C(=O)N1CCC[C@H]1C(=O)N[C@@H](CCC(=O)O)C(=O)N[C@@H](CCC(=O)O)C(=O)N[C@@H](Cc1ccc(O)cc1)C(=O)N[C@@H](CC(C)C)C(=O)N[C@@H](CCC(N)=O)C(=O)O. The van der Waals surface area contributed by atoms with E-state index < -0.39 is 225 Å². The van der Waals surface area contributed by atoms with Gasteiger partial charge in [-0.25, -0.2) is 4.79 Å². The molecular formula is C62H88N12O22. The van der Waals surface area contributed by atoms with E-state index in [4.69, 9.17) is 11.5 Å². The van der Waals surface area contributed by atoms with Gasteiger partial charge < -0.3 is 94.9 Å². The molecule has 34 heteroatoms. The molecule has 0 aliphatic carbocycles. The third-order valence-electron chi connectivity index (χ3n) is 15.5. The number of hydrogen-bond acceptors (Lipinski definition) is 18. The minimum Gasteiger partial charge on any atom is -0.508 e. The molecule has 3 rings (SSSR count). The largest absolute Gasteiger partial charge is 0.508 e. The summed E-state index contributed by atoms with van der Waals surface area (Å²) in [4.78, 5) is 212. The number of hydrogen-bond donors (Lipinski definition) is 17. The topological polar surface area (TPSA) is 558 Å². The van der Waals surface area contributed by atoms with Crippen molar-refractivity contribution >= 4 is 94.8 Å². The molecule has 528 valence electrons. The number of nitrogens with one attached hydrogen (secondary N) is 9. The molecule has 11 amide bonds. The van der Waals surface area contributed by atoms with Gasteiger partial charge in [0.15, 0.2) is 0 Å². The number of aliphatic carboxylic acids is 5. The Balaban J connectivity index is 1.90. The molecule has 0 radical (unpaired) electrons. The molecule has 1 heterocycles. The summed E-state index contributed by atoms with van der Waals surface area (Å²) in [6, 6.07) is -3.91. The van der Waals surface area contributed by atoms with E-state index in [1.54, 1.807) is 58.0 Å². The summed E-state index contributed by atoms with van der Waals surface area (Å²) in [5.41, 5.74) is 11.8. The predicted molar refractivity (Wildman–Crippen MR) is 336 cm³/mol. The summed E-state index contributed by atoms with van der Waals surface area (Å²) in [5, 5.41) is 79.7. The number of likely N-dealkylation sites (tertiary alicyclic amines) is 1. The average molecular weight is 1350 g/mol. The van der Waals surface area contributed by atoms with Crippen LogP contribution in [0.1, 0.15) is 129 Å². The molecule has 0 saturated carbocycles. The fourth-order valence-electron chi connectivity index (χ4n) is 10.0. The lowest BCUT2D eigenvalue weighted by atomic mass is 9.97. The van der Waals surface area contributed by atoms with Crippen molar-refractivity contribution in [2.45, 2.75) is 197 Å². The molecule has 1 aliphatic heterocycles. The zero-order valence-electron chi connectivity index (χ0n) is 53.8. The second-order valence-electron chi connectivity index (χ2n) is 23.8. The molecule has 0 spiro atoms. The summed E-state index contributed by atoms with van der Waals surface area (Å²) in [6.07, 6.45) is -5.91. The van der Waals surface area contributed by atoms with E-state index in [0.29, 0.717) is 11.1 Å². The van der Waals surface area contributed by atoms with Crippen molar-refractivity contribution in [2.75, 3.05) is 6.54 Å². The van der Waals surface area contributed by atoms with Crippen LogP contribution in [0, 0.1) is 11.8 Å². The Bertz CT molecular complexity index is 3120. The minimum absolute atomic E-state index is 0.0316. The monoisotopic (exact) mass is 1350 g/mol. The maximum atomic E-state index is 14.6. The Labute approximate surface area is 551 Å². The number of carboxylic acids is 5. The first-order valence-corrected chi connectivity index (χ1v) is 31.1. The van der Waals surface area contributed by atoms with E-state index in [1.807, 2.05) is 0 Å². The zero-order valence-corrected chi connectivity index (χ0v) is 53.8. The molecule has 2 aromatic rings. The van der Waals surface area contributed by atoms with E-state index in [2.05, 4.69) is 47.9 Å². The Hall–Kier alpha value is -10.3. The van der Waals surface area contributed by atoms with Crippen LogP contribution in [0.5, 0.6) is 5.75 Å². The number of nitrogens with two attached hydrogens (primary N) is 2. The number of carboxylic acid groups (broad SMARTS) is 5. The zero-order chi connectivity index (χ0) is 72.1. The molecule has 1 saturated heterocycles. The van der Waals surface area contributed by atoms with Gasteiger partial charge in [0.05, 0.1) is 12.5 Å². The summed E-state index contributed by atoms with van der Waals surface area (Å²) < 4.78 is 0. The van der Waals surface area contributed by atoms with Gasteiger partial charge >= 0.3 is 29.8 Å². The predicted octanol–water partition coefficient (Wildman–Crippen LogP) is -2.61. The van der Waals surface area contributed by atoms with Crippen LogP contribution in [0.3, 0.4) is 0 Å². The molecule has 12 atom stereocenters. The standard InChI is InChI=1S/C62H88N12O22/c1-6-32(4)51(73-52(85)33(5)65-54(87)38(19-23-47(77)78)67-58(91)43(28-34-11-8-7-9-12-34)70-53(86)37(63)30-50(83)84)61(94)74-26-10-13-45(74)60(93)68-40(21-25-49(81)82)55(88)66-39(20-24-48(79)80)56(89)72-44(29-35-14-16-36(75)17-15-35)59(92)71-42(27-31(2)3)57(90)69-41(62(95)96)18-22-46(64)76/h7-9,11-12,14-17,31-33,37-45,51,75H,6,10,13,18-30,63H2,1-5H3,(H2,64,76)(H,65,87)(H,66,88)(H,67,91)(H,68,93)(H,69,90)(H,70,86)(H,71,92)(H,72,89)(H,73,85)(H,77,78)(H,79,80)(H,81,82)(H,83,84)(H,95,96)/t32-,33-,37-,38-,39-,40-,41-,42-,43-,44-,45-,51-/m0/s1.